The molecule has 1 N–H and O–H groups in total. The predicted octanol–water partition coefficient (Wildman–Crippen LogP) is 3.62. The molecule has 20 heavy (non-hydrogen) atoms. The van der Waals surface area contributed by atoms with Gasteiger partial charge in [0.05, 0.1) is 0 Å². The molecule has 5 heteroatoms. The average molecular weight is 288 g/mol. The van der Waals surface area contributed by atoms with Crippen molar-refractivity contribution in [3.05, 3.63) is 47.8 Å². The lowest BCUT2D eigenvalue weighted by molar-refractivity contribution is 0.0689. The second kappa shape index (κ2) is 5.63. The Bertz CT molecular complexity index is 619. The number of hydrogen-bond acceptors (Lipinski definition) is 4. The number of carboxylic acids is 1. The Labute approximate surface area is 122 Å². The van der Waals surface area contributed by atoms with E-state index in [9.17, 15) is 4.79 Å². The Morgan fingerprint density at radius 1 is 1.15 bits per heavy atom. The minimum Gasteiger partial charge on any atom is -0.477 e. The van der Waals surface area contributed by atoms with Crippen LogP contribution in [0.5, 0.6) is 0 Å². The highest BCUT2D eigenvalue weighted by atomic mass is 32.2. The van der Waals surface area contributed by atoms with E-state index in [1.165, 1.54) is 29.6 Å². The van der Waals surface area contributed by atoms with Gasteiger partial charge in [-0.2, -0.15) is 0 Å². The van der Waals surface area contributed by atoms with E-state index in [1.807, 2.05) is 12.1 Å². The molecule has 1 aromatic heterocycles. The van der Waals surface area contributed by atoms with E-state index in [4.69, 9.17) is 5.11 Å². The van der Waals surface area contributed by atoms with Crippen molar-refractivity contribution >= 4 is 17.7 Å². The van der Waals surface area contributed by atoms with Gasteiger partial charge in [-0.3, -0.25) is 0 Å². The zero-order valence-corrected chi connectivity index (χ0v) is 12.4. The van der Waals surface area contributed by atoms with Crippen molar-refractivity contribution in [3.8, 4) is 0 Å². The molecule has 1 aromatic carbocycles. The Morgan fingerprint density at radius 2 is 1.80 bits per heavy atom. The fourth-order valence-electron chi connectivity index (χ4n) is 1.64. The molecule has 0 saturated carbocycles. The van der Waals surface area contributed by atoms with E-state index in [1.54, 1.807) is 0 Å². The number of carbonyl (C=O) groups is 1. The minimum atomic E-state index is -1.04. The van der Waals surface area contributed by atoms with Gasteiger partial charge < -0.3 is 5.11 Å². The van der Waals surface area contributed by atoms with E-state index in [2.05, 4.69) is 42.9 Å². The summed E-state index contributed by atoms with van der Waals surface area (Å²) in [6.07, 6.45) is 1.46. The van der Waals surface area contributed by atoms with Crippen molar-refractivity contribution in [2.24, 2.45) is 0 Å². The third-order valence-electron chi connectivity index (χ3n) is 2.78. The van der Waals surface area contributed by atoms with Crippen LogP contribution in [0.15, 0.2) is 46.6 Å². The molecule has 1 heterocycles. The molecule has 0 aliphatic heterocycles. The minimum absolute atomic E-state index is 0.00816. The molecule has 2 rings (SSSR count). The van der Waals surface area contributed by atoms with E-state index in [0.29, 0.717) is 5.16 Å². The summed E-state index contributed by atoms with van der Waals surface area (Å²) in [6.45, 7) is 6.48. The van der Waals surface area contributed by atoms with Crippen LogP contribution in [0.1, 0.15) is 36.8 Å². The van der Waals surface area contributed by atoms with Crippen molar-refractivity contribution in [3.63, 3.8) is 0 Å². The summed E-state index contributed by atoms with van der Waals surface area (Å²) in [5.41, 5.74) is 1.37. The number of benzene rings is 1. The van der Waals surface area contributed by atoms with Crippen molar-refractivity contribution < 1.29 is 9.90 Å². The summed E-state index contributed by atoms with van der Waals surface area (Å²) in [5.74, 6) is -1.04. The molecule has 0 aliphatic rings. The number of rotatable bonds is 3. The van der Waals surface area contributed by atoms with Gasteiger partial charge in [-0.1, -0.05) is 32.9 Å². The maximum absolute atomic E-state index is 10.9. The van der Waals surface area contributed by atoms with Crippen LogP contribution in [-0.2, 0) is 5.41 Å². The molecule has 0 bridgehead atoms. The molecule has 0 amide bonds. The van der Waals surface area contributed by atoms with E-state index in [0.717, 1.165) is 4.90 Å². The van der Waals surface area contributed by atoms with Gasteiger partial charge >= 0.3 is 5.97 Å². The molecule has 104 valence electrons. The first-order chi connectivity index (χ1) is 9.36. The molecule has 0 saturated heterocycles. The van der Waals surface area contributed by atoms with E-state index in [-0.39, 0.29) is 11.1 Å². The SMILES string of the molecule is CC(C)(C)c1ccc(Sc2nccc(C(=O)O)n2)cc1. The van der Waals surface area contributed by atoms with Gasteiger partial charge in [0.1, 0.15) is 0 Å². The molecule has 4 nitrogen and oxygen atoms in total. The smallest absolute Gasteiger partial charge is 0.354 e. The van der Waals surface area contributed by atoms with Gasteiger partial charge in [0.2, 0.25) is 0 Å². The molecule has 0 aliphatic carbocycles. The van der Waals surface area contributed by atoms with Crippen LogP contribution in [0, 0.1) is 0 Å². The highest BCUT2D eigenvalue weighted by Gasteiger charge is 2.13. The second-order valence-electron chi connectivity index (χ2n) is 5.41. The van der Waals surface area contributed by atoms with Crippen LogP contribution in [0.4, 0.5) is 0 Å². The van der Waals surface area contributed by atoms with Crippen molar-refractivity contribution in [2.45, 2.75) is 36.2 Å². The van der Waals surface area contributed by atoms with Crippen LogP contribution in [0.3, 0.4) is 0 Å². The van der Waals surface area contributed by atoms with Gasteiger partial charge in [-0.15, -0.1) is 0 Å². The third kappa shape index (κ3) is 3.57. The maximum atomic E-state index is 10.9. The largest absolute Gasteiger partial charge is 0.477 e. The molecular formula is C15H16N2O2S. The molecule has 2 aromatic rings. The van der Waals surface area contributed by atoms with Crippen LogP contribution < -0.4 is 0 Å². The molecular weight excluding hydrogens is 272 g/mol. The summed E-state index contributed by atoms with van der Waals surface area (Å²) in [6, 6.07) is 9.53. The number of hydrogen-bond donors (Lipinski definition) is 1. The van der Waals surface area contributed by atoms with Gasteiger partial charge in [0.25, 0.3) is 0 Å². The zero-order valence-electron chi connectivity index (χ0n) is 11.6. The summed E-state index contributed by atoms with van der Waals surface area (Å²) in [7, 11) is 0. The standard InChI is InChI=1S/C15H16N2O2S/c1-15(2,3)10-4-6-11(7-5-10)20-14-16-9-8-12(17-14)13(18)19/h4-9H,1-3H3,(H,18,19). The van der Waals surface area contributed by atoms with E-state index < -0.39 is 5.97 Å². The van der Waals surface area contributed by atoms with E-state index >= 15 is 0 Å². The number of carboxylic acid groups (broad SMARTS) is 1. The van der Waals surface area contributed by atoms with Gasteiger partial charge in [0.15, 0.2) is 10.9 Å². The number of aromatic nitrogens is 2. The first kappa shape index (κ1) is 14.5. The third-order valence-corrected chi connectivity index (χ3v) is 3.67. The molecule has 0 radical (unpaired) electrons. The summed E-state index contributed by atoms with van der Waals surface area (Å²) >= 11 is 1.35. The molecule has 0 spiro atoms. The maximum Gasteiger partial charge on any atom is 0.354 e. The van der Waals surface area contributed by atoms with Crippen molar-refractivity contribution in [1.82, 2.24) is 9.97 Å². The summed E-state index contributed by atoms with van der Waals surface area (Å²) in [4.78, 5) is 19.9. The van der Waals surface area contributed by atoms with Gasteiger partial charge in [0, 0.05) is 11.1 Å². The van der Waals surface area contributed by atoms with Gasteiger partial charge in [-0.25, -0.2) is 14.8 Å². The van der Waals surface area contributed by atoms with Crippen LogP contribution in [-0.4, -0.2) is 21.0 Å². The van der Waals surface area contributed by atoms with Gasteiger partial charge in [-0.05, 0) is 40.9 Å². The van der Waals surface area contributed by atoms with Crippen LogP contribution in [0.2, 0.25) is 0 Å². The number of nitrogens with zero attached hydrogens (tertiary/aromatic N) is 2. The predicted molar refractivity (Wildman–Crippen MR) is 78.3 cm³/mol. The zero-order chi connectivity index (χ0) is 14.8. The second-order valence-corrected chi connectivity index (χ2v) is 6.45. The Balaban J connectivity index is 2.18. The Kier molecular flexibility index (Phi) is 4.09. The lowest BCUT2D eigenvalue weighted by Crippen LogP contribution is -2.10. The highest BCUT2D eigenvalue weighted by molar-refractivity contribution is 7.99. The fourth-order valence-corrected chi connectivity index (χ4v) is 2.38. The first-order valence-corrected chi connectivity index (χ1v) is 7.02. The number of aromatic carboxylic acids is 1. The topological polar surface area (TPSA) is 63.1 Å². The average Bonchev–Trinajstić information content (AvgIpc) is 2.38. The lowest BCUT2D eigenvalue weighted by Gasteiger charge is -2.18. The van der Waals surface area contributed by atoms with Crippen LogP contribution in [0.25, 0.3) is 0 Å². The van der Waals surface area contributed by atoms with Crippen molar-refractivity contribution in [2.75, 3.05) is 0 Å². The summed E-state index contributed by atoms with van der Waals surface area (Å²) < 4.78 is 0. The quantitative estimate of drug-likeness (QED) is 0.874. The normalized spacial score (nSPS) is 11.3. The Hall–Kier alpha value is -1.88. The first-order valence-electron chi connectivity index (χ1n) is 6.21. The molecule has 0 atom stereocenters. The van der Waals surface area contributed by atoms with Crippen molar-refractivity contribution in [1.29, 1.82) is 0 Å². The Morgan fingerprint density at radius 3 is 2.35 bits per heavy atom. The fraction of sp³-hybridized carbons (Fsp3) is 0.267. The van der Waals surface area contributed by atoms with Crippen LogP contribution >= 0.6 is 11.8 Å². The lowest BCUT2D eigenvalue weighted by atomic mass is 9.87. The molecule has 0 unspecified atom stereocenters. The molecule has 0 fully saturated rings. The monoisotopic (exact) mass is 288 g/mol. The summed E-state index contributed by atoms with van der Waals surface area (Å²) in [5, 5.41) is 9.34. The highest BCUT2D eigenvalue weighted by Crippen LogP contribution is 2.28.